The van der Waals surface area contributed by atoms with E-state index in [2.05, 4.69) is 5.32 Å². The monoisotopic (exact) mass is 209 g/mol. The Morgan fingerprint density at radius 1 is 1.47 bits per heavy atom. The van der Waals surface area contributed by atoms with Crippen LogP contribution in [0.2, 0.25) is 0 Å². The van der Waals surface area contributed by atoms with Gasteiger partial charge in [0.1, 0.15) is 5.60 Å². The van der Waals surface area contributed by atoms with Crippen LogP contribution in [0.5, 0.6) is 0 Å². The van der Waals surface area contributed by atoms with Crippen LogP contribution < -0.4 is 5.32 Å². The topological polar surface area (TPSA) is 69.6 Å². The Kier molecular flexibility index (Phi) is 3.31. The van der Waals surface area contributed by atoms with E-state index >= 15 is 0 Å². The van der Waals surface area contributed by atoms with Gasteiger partial charge in [0.15, 0.2) is 0 Å². The Bertz CT molecular complexity index is 361. The third-order valence-corrected chi connectivity index (χ3v) is 2.31. The number of amides is 1. The lowest BCUT2D eigenvalue weighted by molar-refractivity contribution is 0.0560. The number of carbonyl (C=O) groups is 1. The predicted octanol–water partition coefficient (Wildman–Crippen LogP) is 1.47. The maximum absolute atomic E-state index is 10.3. The first-order valence-corrected chi connectivity index (χ1v) is 4.69. The number of carboxylic acid groups (broad SMARTS) is 1. The van der Waals surface area contributed by atoms with Gasteiger partial charge < -0.3 is 15.5 Å². The molecular weight excluding hydrogens is 194 g/mol. The van der Waals surface area contributed by atoms with Gasteiger partial charge in [-0.2, -0.15) is 0 Å². The summed E-state index contributed by atoms with van der Waals surface area (Å²) in [6.07, 6.45) is -1.14. The molecule has 1 rings (SSSR count). The van der Waals surface area contributed by atoms with E-state index in [9.17, 15) is 9.90 Å². The first-order chi connectivity index (χ1) is 6.93. The highest BCUT2D eigenvalue weighted by Crippen LogP contribution is 2.22. The zero-order valence-electron chi connectivity index (χ0n) is 8.82. The second-order valence-electron chi connectivity index (χ2n) is 3.75. The lowest BCUT2D eigenvalue weighted by Gasteiger charge is -2.25. The van der Waals surface area contributed by atoms with E-state index in [0.717, 1.165) is 11.1 Å². The lowest BCUT2D eigenvalue weighted by Crippen LogP contribution is -2.38. The summed E-state index contributed by atoms with van der Waals surface area (Å²) < 4.78 is 0. The minimum absolute atomic E-state index is 0.0206. The average molecular weight is 209 g/mol. The van der Waals surface area contributed by atoms with E-state index in [-0.39, 0.29) is 6.54 Å². The van der Waals surface area contributed by atoms with Gasteiger partial charge in [-0.25, -0.2) is 4.79 Å². The quantitative estimate of drug-likeness (QED) is 0.706. The zero-order chi connectivity index (χ0) is 11.5. The molecule has 15 heavy (non-hydrogen) atoms. The highest BCUT2D eigenvalue weighted by atomic mass is 16.4. The number of aliphatic hydroxyl groups is 1. The molecule has 1 aromatic carbocycles. The summed E-state index contributed by atoms with van der Waals surface area (Å²) >= 11 is 0. The molecule has 0 aromatic heterocycles. The van der Waals surface area contributed by atoms with E-state index in [1.165, 1.54) is 0 Å². The van der Waals surface area contributed by atoms with Crippen molar-refractivity contribution in [3.05, 3.63) is 35.4 Å². The Hall–Kier alpha value is -1.55. The molecule has 1 unspecified atom stereocenters. The van der Waals surface area contributed by atoms with Crippen molar-refractivity contribution in [2.75, 3.05) is 6.54 Å². The fourth-order valence-electron chi connectivity index (χ4n) is 1.52. The van der Waals surface area contributed by atoms with Crippen molar-refractivity contribution in [1.29, 1.82) is 0 Å². The van der Waals surface area contributed by atoms with Crippen molar-refractivity contribution in [1.82, 2.24) is 5.32 Å². The number of hydrogen-bond acceptors (Lipinski definition) is 2. The summed E-state index contributed by atoms with van der Waals surface area (Å²) in [6.45, 7) is 3.45. The largest absolute Gasteiger partial charge is 0.465 e. The maximum atomic E-state index is 10.3. The van der Waals surface area contributed by atoms with Crippen LogP contribution in [0.1, 0.15) is 18.1 Å². The normalized spacial score (nSPS) is 14.3. The molecule has 0 aliphatic carbocycles. The number of aryl methyl sites for hydroxylation is 1. The van der Waals surface area contributed by atoms with Crippen LogP contribution in [0.25, 0.3) is 0 Å². The van der Waals surface area contributed by atoms with E-state index in [1.807, 2.05) is 25.1 Å². The summed E-state index contributed by atoms with van der Waals surface area (Å²) in [4.78, 5) is 10.3. The van der Waals surface area contributed by atoms with Gasteiger partial charge in [0.05, 0.1) is 6.54 Å². The van der Waals surface area contributed by atoms with Crippen LogP contribution in [-0.4, -0.2) is 22.9 Å². The van der Waals surface area contributed by atoms with Gasteiger partial charge >= 0.3 is 6.09 Å². The molecule has 0 saturated carbocycles. The van der Waals surface area contributed by atoms with Gasteiger partial charge in [0, 0.05) is 0 Å². The van der Waals surface area contributed by atoms with E-state index in [4.69, 9.17) is 5.11 Å². The second kappa shape index (κ2) is 4.31. The molecule has 0 heterocycles. The molecule has 1 atom stereocenters. The SMILES string of the molecule is Cc1ccccc1C(C)(O)CNC(=O)O. The molecule has 0 saturated heterocycles. The van der Waals surface area contributed by atoms with Crippen LogP contribution in [0, 0.1) is 6.92 Å². The Morgan fingerprint density at radius 3 is 2.60 bits per heavy atom. The minimum atomic E-state index is -1.18. The van der Waals surface area contributed by atoms with Gasteiger partial charge in [-0.05, 0) is 25.0 Å². The third kappa shape index (κ3) is 2.95. The van der Waals surface area contributed by atoms with Crippen LogP contribution in [0.3, 0.4) is 0 Å². The molecule has 82 valence electrons. The van der Waals surface area contributed by atoms with E-state index < -0.39 is 11.7 Å². The van der Waals surface area contributed by atoms with E-state index in [0.29, 0.717) is 0 Å². The fraction of sp³-hybridized carbons (Fsp3) is 0.364. The molecule has 0 spiro atoms. The molecule has 0 fully saturated rings. The Morgan fingerprint density at radius 2 is 2.07 bits per heavy atom. The standard InChI is InChI=1S/C11H15NO3/c1-8-5-3-4-6-9(8)11(2,15)7-12-10(13)14/h3-6,12,15H,7H2,1-2H3,(H,13,14). The predicted molar refractivity (Wildman–Crippen MR) is 56.8 cm³/mol. The van der Waals surface area contributed by atoms with Crippen molar-refractivity contribution < 1.29 is 15.0 Å². The number of nitrogens with one attached hydrogen (secondary N) is 1. The van der Waals surface area contributed by atoms with Crippen LogP contribution in [-0.2, 0) is 5.60 Å². The lowest BCUT2D eigenvalue weighted by atomic mass is 9.92. The molecule has 0 aliphatic rings. The van der Waals surface area contributed by atoms with Crippen LogP contribution in [0.15, 0.2) is 24.3 Å². The van der Waals surface area contributed by atoms with Crippen molar-refractivity contribution >= 4 is 6.09 Å². The minimum Gasteiger partial charge on any atom is -0.465 e. The first-order valence-electron chi connectivity index (χ1n) is 4.69. The number of benzene rings is 1. The molecule has 3 N–H and O–H groups in total. The van der Waals surface area contributed by atoms with Crippen LogP contribution >= 0.6 is 0 Å². The van der Waals surface area contributed by atoms with E-state index in [1.54, 1.807) is 13.0 Å². The average Bonchev–Trinajstić information content (AvgIpc) is 2.15. The highest BCUT2D eigenvalue weighted by Gasteiger charge is 2.24. The number of rotatable bonds is 3. The Labute approximate surface area is 88.6 Å². The summed E-state index contributed by atoms with van der Waals surface area (Å²) in [6, 6.07) is 7.36. The summed E-state index contributed by atoms with van der Waals surface area (Å²) in [5.74, 6) is 0. The fourth-order valence-corrected chi connectivity index (χ4v) is 1.52. The molecule has 4 nitrogen and oxygen atoms in total. The second-order valence-corrected chi connectivity index (χ2v) is 3.75. The van der Waals surface area contributed by atoms with Crippen molar-refractivity contribution in [2.45, 2.75) is 19.4 Å². The summed E-state index contributed by atoms with van der Waals surface area (Å²) in [5.41, 5.74) is 0.498. The summed E-state index contributed by atoms with van der Waals surface area (Å²) in [7, 11) is 0. The van der Waals surface area contributed by atoms with Gasteiger partial charge in [0.2, 0.25) is 0 Å². The van der Waals surface area contributed by atoms with Crippen molar-refractivity contribution in [3.63, 3.8) is 0 Å². The van der Waals surface area contributed by atoms with Crippen molar-refractivity contribution in [3.8, 4) is 0 Å². The first kappa shape index (κ1) is 11.5. The molecular formula is C11H15NO3. The maximum Gasteiger partial charge on any atom is 0.404 e. The summed E-state index contributed by atoms with van der Waals surface area (Å²) in [5, 5.41) is 20.7. The van der Waals surface area contributed by atoms with Gasteiger partial charge in [-0.3, -0.25) is 0 Å². The van der Waals surface area contributed by atoms with Gasteiger partial charge in [0.25, 0.3) is 0 Å². The smallest absolute Gasteiger partial charge is 0.404 e. The molecule has 0 radical (unpaired) electrons. The van der Waals surface area contributed by atoms with Gasteiger partial charge in [-0.1, -0.05) is 24.3 Å². The van der Waals surface area contributed by atoms with Crippen LogP contribution in [0.4, 0.5) is 4.79 Å². The molecule has 1 amide bonds. The van der Waals surface area contributed by atoms with Crippen molar-refractivity contribution in [2.24, 2.45) is 0 Å². The zero-order valence-corrected chi connectivity index (χ0v) is 8.82. The Balaban J connectivity index is 2.85. The van der Waals surface area contributed by atoms with Gasteiger partial charge in [-0.15, -0.1) is 0 Å². The number of hydrogen-bond donors (Lipinski definition) is 3. The molecule has 1 aromatic rings. The highest BCUT2D eigenvalue weighted by molar-refractivity contribution is 5.64. The molecule has 4 heteroatoms. The molecule has 0 aliphatic heterocycles. The third-order valence-electron chi connectivity index (χ3n) is 2.31. The molecule has 0 bridgehead atoms.